The van der Waals surface area contributed by atoms with Crippen LogP contribution in [0.4, 0.5) is 4.79 Å². The Labute approximate surface area is 127 Å². The van der Waals surface area contributed by atoms with Crippen molar-refractivity contribution < 1.29 is 14.7 Å². The summed E-state index contributed by atoms with van der Waals surface area (Å²) in [5, 5.41) is 14.8. The van der Waals surface area contributed by atoms with Crippen molar-refractivity contribution in [2.24, 2.45) is 11.3 Å². The van der Waals surface area contributed by atoms with E-state index >= 15 is 0 Å². The van der Waals surface area contributed by atoms with Crippen LogP contribution >= 0.6 is 0 Å². The van der Waals surface area contributed by atoms with Crippen LogP contribution in [0.15, 0.2) is 0 Å². The number of carboxylic acids is 1. The number of carboxylic acid groups (broad SMARTS) is 1. The maximum absolute atomic E-state index is 11.9. The molecule has 1 aliphatic carbocycles. The van der Waals surface area contributed by atoms with Crippen molar-refractivity contribution in [2.75, 3.05) is 0 Å². The molecule has 1 rings (SSSR count). The third kappa shape index (κ3) is 6.82. The van der Waals surface area contributed by atoms with Gasteiger partial charge in [-0.3, -0.25) is 4.79 Å². The second-order valence-corrected chi connectivity index (χ2v) is 7.29. The second-order valence-electron chi connectivity index (χ2n) is 7.29. The molecule has 122 valence electrons. The van der Waals surface area contributed by atoms with Crippen molar-refractivity contribution in [3.63, 3.8) is 0 Å². The van der Waals surface area contributed by atoms with Gasteiger partial charge in [-0.25, -0.2) is 4.79 Å². The highest BCUT2D eigenvalue weighted by molar-refractivity contribution is 5.74. The molecule has 0 aromatic heterocycles. The number of carbonyl (C=O) groups excluding carboxylic acids is 1. The largest absolute Gasteiger partial charge is 0.481 e. The van der Waals surface area contributed by atoms with Crippen LogP contribution in [0.1, 0.15) is 66.2 Å². The lowest BCUT2D eigenvalue weighted by Crippen LogP contribution is -2.44. The Bertz CT molecular complexity index is 369. The minimum atomic E-state index is -0.753. The van der Waals surface area contributed by atoms with Gasteiger partial charge in [-0.15, -0.1) is 0 Å². The molecule has 1 fully saturated rings. The molecule has 0 heterocycles. The Kier molecular flexibility index (Phi) is 6.49. The maximum atomic E-state index is 11.9. The SMILES string of the molecule is CC(CCCC(C)C(=O)O)NC(=O)NC1CCC(C)(C)C1. The fourth-order valence-corrected chi connectivity index (χ4v) is 2.94. The van der Waals surface area contributed by atoms with Crippen molar-refractivity contribution in [3.05, 3.63) is 0 Å². The summed E-state index contributed by atoms with van der Waals surface area (Å²) >= 11 is 0. The first-order valence-electron chi connectivity index (χ1n) is 7.99. The van der Waals surface area contributed by atoms with E-state index in [-0.39, 0.29) is 24.0 Å². The van der Waals surface area contributed by atoms with Gasteiger partial charge in [-0.1, -0.05) is 27.2 Å². The molecule has 3 N–H and O–H groups in total. The van der Waals surface area contributed by atoms with E-state index in [0.29, 0.717) is 11.8 Å². The highest BCUT2D eigenvalue weighted by Gasteiger charge is 2.31. The van der Waals surface area contributed by atoms with Crippen LogP contribution in [0.5, 0.6) is 0 Å². The van der Waals surface area contributed by atoms with Crippen molar-refractivity contribution in [2.45, 2.75) is 78.3 Å². The summed E-state index contributed by atoms with van der Waals surface area (Å²) in [7, 11) is 0. The second kappa shape index (κ2) is 7.66. The third-order valence-corrected chi connectivity index (χ3v) is 4.38. The molecular formula is C16H30N2O3. The van der Waals surface area contributed by atoms with Crippen LogP contribution in [0.25, 0.3) is 0 Å². The Morgan fingerprint density at radius 2 is 1.95 bits per heavy atom. The monoisotopic (exact) mass is 298 g/mol. The molecule has 0 aromatic rings. The summed E-state index contributed by atoms with van der Waals surface area (Å²) in [4.78, 5) is 22.6. The molecule has 3 atom stereocenters. The van der Waals surface area contributed by atoms with Gasteiger partial charge in [-0.05, 0) is 44.4 Å². The molecule has 5 heteroatoms. The number of rotatable bonds is 7. The van der Waals surface area contributed by atoms with Crippen LogP contribution in [-0.2, 0) is 4.79 Å². The van der Waals surface area contributed by atoms with Gasteiger partial charge in [-0.2, -0.15) is 0 Å². The predicted molar refractivity (Wildman–Crippen MR) is 83.2 cm³/mol. The molecule has 1 aliphatic rings. The van der Waals surface area contributed by atoms with E-state index in [1.54, 1.807) is 6.92 Å². The zero-order valence-corrected chi connectivity index (χ0v) is 13.7. The molecular weight excluding hydrogens is 268 g/mol. The predicted octanol–water partition coefficient (Wildman–Crippen LogP) is 3.14. The molecule has 2 amide bonds. The molecule has 0 aromatic carbocycles. The lowest BCUT2D eigenvalue weighted by Gasteiger charge is -2.20. The van der Waals surface area contributed by atoms with Crippen molar-refractivity contribution in [3.8, 4) is 0 Å². The van der Waals surface area contributed by atoms with Crippen molar-refractivity contribution in [1.82, 2.24) is 10.6 Å². The topological polar surface area (TPSA) is 78.4 Å². The van der Waals surface area contributed by atoms with Gasteiger partial charge in [0, 0.05) is 12.1 Å². The lowest BCUT2D eigenvalue weighted by atomic mass is 9.92. The van der Waals surface area contributed by atoms with Gasteiger partial charge >= 0.3 is 12.0 Å². The molecule has 0 radical (unpaired) electrons. The molecule has 21 heavy (non-hydrogen) atoms. The average Bonchev–Trinajstić information content (AvgIpc) is 2.67. The number of hydrogen-bond acceptors (Lipinski definition) is 2. The summed E-state index contributed by atoms with van der Waals surface area (Å²) in [5.74, 6) is -1.07. The third-order valence-electron chi connectivity index (χ3n) is 4.38. The van der Waals surface area contributed by atoms with E-state index in [1.807, 2.05) is 6.92 Å². The summed E-state index contributed by atoms with van der Waals surface area (Å²) in [6.45, 7) is 8.15. The lowest BCUT2D eigenvalue weighted by molar-refractivity contribution is -0.141. The Morgan fingerprint density at radius 3 is 2.48 bits per heavy atom. The smallest absolute Gasteiger partial charge is 0.315 e. The molecule has 3 unspecified atom stereocenters. The summed E-state index contributed by atoms with van der Waals surface area (Å²) < 4.78 is 0. The first kappa shape index (κ1) is 17.8. The van der Waals surface area contributed by atoms with Gasteiger partial charge < -0.3 is 15.7 Å². The quantitative estimate of drug-likeness (QED) is 0.675. The molecule has 0 aliphatic heterocycles. The Balaban J connectivity index is 2.18. The fraction of sp³-hybridized carbons (Fsp3) is 0.875. The standard InChI is InChI=1S/C16H30N2O3/c1-11(14(19)20)6-5-7-12(2)17-15(21)18-13-8-9-16(3,4)10-13/h11-13H,5-10H2,1-4H3,(H,19,20)(H2,17,18,21). The van der Waals surface area contributed by atoms with Crippen LogP contribution in [-0.4, -0.2) is 29.2 Å². The van der Waals surface area contributed by atoms with Gasteiger partial charge in [0.1, 0.15) is 0 Å². The number of carbonyl (C=O) groups is 2. The fourth-order valence-electron chi connectivity index (χ4n) is 2.94. The zero-order valence-electron chi connectivity index (χ0n) is 13.7. The molecule has 0 saturated heterocycles. The van der Waals surface area contributed by atoms with Gasteiger partial charge in [0.2, 0.25) is 0 Å². The highest BCUT2D eigenvalue weighted by Crippen LogP contribution is 2.36. The number of hydrogen-bond donors (Lipinski definition) is 3. The van der Waals surface area contributed by atoms with Crippen LogP contribution in [0, 0.1) is 11.3 Å². The minimum absolute atomic E-state index is 0.0698. The van der Waals surface area contributed by atoms with E-state index in [0.717, 1.165) is 32.1 Å². The Morgan fingerprint density at radius 1 is 1.29 bits per heavy atom. The Hall–Kier alpha value is -1.26. The van der Waals surface area contributed by atoms with Crippen LogP contribution in [0.3, 0.4) is 0 Å². The average molecular weight is 298 g/mol. The maximum Gasteiger partial charge on any atom is 0.315 e. The minimum Gasteiger partial charge on any atom is -0.481 e. The number of aliphatic carboxylic acids is 1. The molecule has 1 saturated carbocycles. The first-order valence-corrected chi connectivity index (χ1v) is 7.99. The van der Waals surface area contributed by atoms with E-state index in [9.17, 15) is 9.59 Å². The van der Waals surface area contributed by atoms with Gasteiger partial charge in [0.15, 0.2) is 0 Å². The number of nitrogens with one attached hydrogen (secondary N) is 2. The summed E-state index contributed by atoms with van der Waals surface area (Å²) in [6.07, 6.45) is 5.50. The van der Waals surface area contributed by atoms with Crippen molar-refractivity contribution in [1.29, 1.82) is 0 Å². The zero-order chi connectivity index (χ0) is 16.0. The van der Waals surface area contributed by atoms with Crippen LogP contribution in [0.2, 0.25) is 0 Å². The van der Waals surface area contributed by atoms with E-state index < -0.39 is 5.97 Å². The van der Waals surface area contributed by atoms with E-state index in [2.05, 4.69) is 24.5 Å². The van der Waals surface area contributed by atoms with E-state index in [1.165, 1.54) is 0 Å². The first-order chi connectivity index (χ1) is 9.69. The van der Waals surface area contributed by atoms with Crippen molar-refractivity contribution >= 4 is 12.0 Å². The van der Waals surface area contributed by atoms with E-state index in [4.69, 9.17) is 5.11 Å². The molecule has 0 spiro atoms. The number of amides is 2. The summed E-state index contributed by atoms with van der Waals surface area (Å²) in [5.41, 5.74) is 0.330. The number of urea groups is 1. The van der Waals surface area contributed by atoms with Gasteiger partial charge in [0.25, 0.3) is 0 Å². The normalized spacial score (nSPS) is 23.3. The summed E-state index contributed by atoms with van der Waals surface area (Å²) in [6, 6.07) is 0.246. The molecule has 5 nitrogen and oxygen atoms in total. The van der Waals surface area contributed by atoms with Crippen LogP contribution < -0.4 is 10.6 Å². The highest BCUT2D eigenvalue weighted by atomic mass is 16.4. The van der Waals surface area contributed by atoms with Gasteiger partial charge in [0.05, 0.1) is 5.92 Å². The molecule has 0 bridgehead atoms.